The number of carbonyl (C=O) groups excluding carboxylic acids is 2. The molecule has 0 saturated carbocycles. The van der Waals surface area contributed by atoms with Gasteiger partial charge >= 0.3 is 0 Å². The minimum absolute atomic E-state index is 0.100. The summed E-state index contributed by atoms with van der Waals surface area (Å²) in [7, 11) is 3.41. The van der Waals surface area contributed by atoms with E-state index in [1.165, 1.54) is 0 Å². The lowest BCUT2D eigenvalue weighted by atomic mass is 9.77. The average molecular weight is 314 g/mol. The fourth-order valence-electron chi connectivity index (χ4n) is 3.61. The molecule has 1 aromatic rings. The van der Waals surface area contributed by atoms with Gasteiger partial charge in [0.1, 0.15) is 5.75 Å². The number of methoxy groups -OCH3 is 1. The second kappa shape index (κ2) is 6.07. The van der Waals surface area contributed by atoms with Gasteiger partial charge in [-0.25, -0.2) is 0 Å². The highest BCUT2D eigenvalue weighted by Gasteiger charge is 2.44. The Balaban J connectivity index is 1.71. The molecule has 5 heteroatoms. The number of amides is 2. The highest BCUT2D eigenvalue weighted by Crippen LogP contribution is 2.46. The summed E-state index contributed by atoms with van der Waals surface area (Å²) < 4.78 is 5.16. The van der Waals surface area contributed by atoms with E-state index in [-0.39, 0.29) is 17.2 Å². The van der Waals surface area contributed by atoms with E-state index in [1.807, 2.05) is 13.1 Å². The van der Waals surface area contributed by atoms with Crippen molar-refractivity contribution in [3.8, 4) is 5.75 Å². The Morgan fingerprint density at radius 2 is 2.22 bits per heavy atom. The summed E-state index contributed by atoms with van der Waals surface area (Å²) in [4.78, 5) is 26.1. The summed E-state index contributed by atoms with van der Waals surface area (Å²) in [5, 5.41) is 3.04. The van der Waals surface area contributed by atoms with Gasteiger partial charge in [0.25, 0.3) is 5.91 Å². The standard InChI is InChI=1S/C18H22N2O3/c1-20-15-7-4-9-18(15,10-8-16(20)21)12-19-17(22)13-5-3-6-14(11-13)23-2/h3,5-7,11H,4,8-10,12H2,1-2H3,(H,19,22). The molecule has 0 radical (unpaired) electrons. The zero-order valence-corrected chi connectivity index (χ0v) is 13.6. The van der Waals surface area contributed by atoms with Gasteiger partial charge in [0.2, 0.25) is 5.91 Å². The quantitative estimate of drug-likeness (QED) is 0.928. The maximum absolute atomic E-state index is 12.4. The van der Waals surface area contributed by atoms with Crippen molar-refractivity contribution in [3.05, 3.63) is 41.6 Å². The van der Waals surface area contributed by atoms with Gasteiger partial charge < -0.3 is 15.0 Å². The topological polar surface area (TPSA) is 58.6 Å². The molecule has 1 aliphatic carbocycles. The number of benzene rings is 1. The number of carbonyl (C=O) groups is 2. The predicted octanol–water partition coefficient (Wildman–Crippen LogP) is 2.34. The molecule has 1 fully saturated rings. The van der Waals surface area contributed by atoms with Crippen LogP contribution in [-0.4, -0.2) is 37.4 Å². The lowest BCUT2D eigenvalue weighted by molar-refractivity contribution is -0.131. The minimum atomic E-state index is -0.107. The van der Waals surface area contributed by atoms with Crippen LogP contribution in [-0.2, 0) is 4.79 Å². The zero-order chi connectivity index (χ0) is 16.4. The Bertz CT molecular complexity index is 668. The SMILES string of the molecule is COc1cccc(C(=O)NCC23CCC=C2N(C)C(=O)CC3)c1. The molecule has 1 atom stereocenters. The summed E-state index contributed by atoms with van der Waals surface area (Å²) in [5.41, 5.74) is 1.56. The molecular formula is C18H22N2O3. The maximum Gasteiger partial charge on any atom is 0.251 e. The van der Waals surface area contributed by atoms with Gasteiger partial charge in [-0.05, 0) is 37.5 Å². The van der Waals surface area contributed by atoms with Crippen LogP contribution < -0.4 is 10.1 Å². The molecule has 122 valence electrons. The van der Waals surface area contributed by atoms with Crippen molar-refractivity contribution in [1.82, 2.24) is 10.2 Å². The Hall–Kier alpha value is -2.30. The van der Waals surface area contributed by atoms with E-state index < -0.39 is 0 Å². The molecule has 0 spiro atoms. The van der Waals surface area contributed by atoms with Crippen molar-refractivity contribution in [3.63, 3.8) is 0 Å². The fraction of sp³-hybridized carbons (Fsp3) is 0.444. The average Bonchev–Trinajstić information content (AvgIpc) is 3.01. The van der Waals surface area contributed by atoms with E-state index >= 15 is 0 Å². The van der Waals surface area contributed by atoms with Gasteiger partial charge in [-0.2, -0.15) is 0 Å². The van der Waals surface area contributed by atoms with E-state index in [9.17, 15) is 9.59 Å². The van der Waals surface area contributed by atoms with Crippen molar-refractivity contribution in [1.29, 1.82) is 0 Å². The summed E-state index contributed by atoms with van der Waals surface area (Å²) in [6.07, 6.45) is 5.43. The molecule has 1 unspecified atom stereocenters. The number of hydrogen-bond acceptors (Lipinski definition) is 3. The lowest BCUT2D eigenvalue weighted by Crippen LogP contribution is -2.46. The summed E-state index contributed by atoms with van der Waals surface area (Å²) >= 11 is 0. The summed E-state index contributed by atoms with van der Waals surface area (Å²) in [6, 6.07) is 7.13. The van der Waals surface area contributed by atoms with Gasteiger partial charge in [0, 0.05) is 36.7 Å². The van der Waals surface area contributed by atoms with Crippen molar-refractivity contribution in [2.24, 2.45) is 5.41 Å². The van der Waals surface area contributed by atoms with Gasteiger partial charge in [-0.15, -0.1) is 0 Å². The number of likely N-dealkylation sites (tertiary alicyclic amines) is 1. The summed E-state index contributed by atoms with van der Waals surface area (Å²) in [5.74, 6) is 0.720. The Kier molecular flexibility index (Phi) is 4.11. The second-order valence-electron chi connectivity index (χ2n) is 6.28. The van der Waals surface area contributed by atoms with Crippen LogP contribution in [0.3, 0.4) is 0 Å². The van der Waals surface area contributed by atoms with Crippen molar-refractivity contribution < 1.29 is 14.3 Å². The molecule has 1 N–H and O–H groups in total. The summed E-state index contributed by atoms with van der Waals surface area (Å²) in [6.45, 7) is 0.562. The number of nitrogens with zero attached hydrogens (tertiary/aromatic N) is 1. The number of piperidine rings is 1. The number of hydrogen-bond donors (Lipinski definition) is 1. The molecule has 1 heterocycles. The largest absolute Gasteiger partial charge is 0.497 e. The third-order valence-corrected chi connectivity index (χ3v) is 4.98. The normalized spacial score (nSPS) is 23.3. The van der Waals surface area contributed by atoms with Crippen LogP contribution in [0.5, 0.6) is 5.75 Å². The van der Waals surface area contributed by atoms with Gasteiger partial charge in [-0.1, -0.05) is 12.1 Å². The van der Waals surface area contributed by atoms with E-state index in [1.54, 1.807) is 30.2 Å². The highest BCUT2D eigenvalue weighted by molar-refractivity contribution is 5.94. The number of ether oxygens (including phenoxy) is 1. The van der Waals surface area contributed by atoms with Gasteiger partial charge in [0.15, 0.2) is 0 Å². The zero-order valence-electron chi connectivity index (χ0n) is 13.6. The van der Waals surface area contributed by atoms with E-state index in [2.05, 4.69) is 11.4 Å². The molecule has 23 heavy (non-hydrogen) atoms. The molecule has 5 nitrogen and oxygen atoms in total. The number of nitrogens with one attached hydrogen (secondary N) is 1. The number of rotatable bonds is 4. The first-order valence-electron chi connectivity index (χ1n) is 7.95. The lowest BCUT2D eigenvalue weighted by Gasteiger charge is -2.41. The molecule has 1 aromatic carbocycles. The van der Waals surface area contributed by atoms with Gasteiger partial charge in [0.05, 0.1) is 7.11 Å². The van der Waals surface area contributed by atoms with Crippen molar-refractivity contribution in [2.45, 2.75) is 25.7 Å². The van der Waals surface area contributed by atoms with Crippen LogP contribution in [0.1, 0.15) is 36.0 Å². The molecule has 0 bridgehead atoms. The molecular weight excluding hydrogens is 292 g/mol. The minimum Gasteiger partial charge on any atom is -0.497 e. The van der Waals surface area contributed by atoms with Crippen LogP contribution in [0.4, 0.5) is 0 Å². The number of allylic oxidation sites excluding steroid dienone is 1. The molecule has 2 amide bonds. The number of fused-ring (bicyclic) bond motifs is 1. The first kappa shape index (κ1) is 15.6. The van der Waals surface area contributed by atoms with Gasteiger partial charge in [-0.3, -0.25) is 9.59 Å². The van der Waals surface area contributed by atoms with Crippen LogP contribution in [0, 0.1) is 5.41 Å². The highest BCUT2D eigenvalue weighted by atomic mass is 16.5. The van der Waals surface area contributed by atoms with Crippen LogP contribution in [0.15, 0.2) is 36.0 Å². The third kappa shape index (κ3) is 2.83. The van der Waals surface area contributed by atoms with Crippen molar-refractivity contribution in [2.75, 3.05) is 20.7 Å². The van der Waals surface area contributed by atoms with Crippen LogP contribution in [0.25, 0.3) is 0 Å². The molecule has 2 aliphatic rings. The Labute approximate surface area is 136 Å². The van der Waals surface area contributed by atoms with E-state index in [4.69, 9.17) is 4.74 Å². The first-order chi connectivity index (χ1) is 11.1. The van der Waals surface area contributed by atoms with Crippen molar-refractivity contribution >= 4 is 11.8 Å². The molecule has 3 rings (SSSR count). The Morgan fingerprint density at radius 3 is 3.00 bits per heavy atom. The first-order valence-corrected chi connectivity index (χ1v) is 7.95. The predicted molar refractivity (Wildman–Crippen MR) is 87.1 cm³/mol. The molecule has 0 aromatic heterocycles. The fourth-order valence-corrected chi connectivity index (χ4v) is 3.61. The van der Waals surface area contributed by atoms with Crippen LogP contribution in [0.2, 0.25) is 0 Å². The smallest absolute Gasteiger partial charge is 0.251 e. The van der Waals surface area contributed by atoms with Crippen LogP contribution >= 0.6 is 0 Å². The maximum atomic E-state index is 12.4. The third-order valence-electron chi connectivity index (χ3n) is 4.98. The molecule has 1 aliphatic heterocycles. The monoisotopic (exact) mass is 314 g/mol. The van der Waals surface area contributed by atoms with E-state index in [0.717, 1.165) is 25.0 Å². The second-order valence-corrected chi connectivity index (χ2v) is 6.28. The van der Waals surface area contributed by atoms with E-state index in [0.29, 0.717) is 24.3 Å². The Morgan fingerprint density at radius 1 is 1.39 bits per heavy atom. The molecule has 1 saturated heterocycles.